The third-order valence-corrected chi connectivity index (χ3v) is 11.2. The van der Waals surface area contributed by atoms with E-state index in [1.165, 1.54) is 55.2 Å². The zero-order chi connectivity index (χ0) is 33.1. The Kier molecular flexibility index (Phi) is 5.69. The highest BCUT2D eigenvalue weighted by molar-refractivity contribution is 6.18. The maximum Gasteiger partial charge on any atom is 0.162 e. The zero-order valence-electron chi connectivity index (χ0n) is 28.1. The van der Waals surface area contributed by atoms with Crippen molar-refractivity contribution in [2.45, 2.75) is 38.5 Å². The summed E-state index contributed by atoms with van der Waals surface area (Å²) in [6, 6.07) is 50.5. The Morgan fingerprint density at radius 1 is 0.469 bits per heavy atom. The van der Waals surface area contributed by atoms with Crippen molar-refractivity contribution in [2.75, 3.05) is 0 Å². The molecule has 0 amide bonds. The number of fused-ring (bicyclic) bond motifs is 10. The molecule has 0 unspecified atom stereocenters. The molecule has 2 aromatic heterocycles. The predicted octanol–water partition coefficient (Wildman–Crippen LogP) is 11.5. The summed E-state index contributed by atoms with van der Waals surface area (Å²) in [5, 5.41) is 2.56. The number of hydrogen-bond acceptors (Lipinski definition) is 2. The average Bonchev–Trinajstić information content (AvgIpc) is 3.69. The number of aromatic nitrogens is 3. The first-order chi connectivity index (χ1) is 23.9. The Balaban J connectivity index is 1.28. The first-order valence-electron chi connectivity index (χ1n) is 17.2. The largest absolute Gasteiger partial charge is 0.308 e. The van der Waals surface area contributed by atoms with E-state index in [4.69, 9.17) is 9.97 Å². The van der Waals surface area contributed by atoms with E-state index in [9.17, 15) is 0 Å². The Morgan fingerprint density at radius 2 is 1.08 bits per heavy atom. The predicted molar refractivity (Wildman–Crippen MR) is 202 cm³/mol. The van der Waals surface area contributed by atoms with Crippen LogP contribution in [0.1, 0.15) is 50.1 Å². The Morgan fingerprint density at radius 3 is 1.86 bits per heavy atom. The van der Waals surface area contributed by atoms with Crippen LogP contribution in [0, 0.1) is 0 Å². The van der Waals surface area contributed by atoms with Gasteiger partial charge in [0.05, 0.1) is 28.1 Å². The molecule has 8 aromatic rings. The fourth-order valence-electron chi connectivity index (χ4n) is 8.84. The minimum Gasteiger partial charge on any atom is -0.308 e. The van der Waals surface area contributed by atoms with E-state index in [0.29, 0.717) is 0 Å². The quantitative estimate of drug-likeness (QED) is 0.195. The van der Waals surface area contributed by atoms with E-state index >= 15 is 0 Å². The van der Waals surface area contributed by atoms with Crippen LogP contribution in [0.15, 0.2) is 140 Å². The van der Waals surface area contributed by atoms with Crippen molar-refractivity contribution in [3.8, 4) is 50.6 Å². The van der Waals surface area contributed by atoms with Gasteiger partial charge in [-0.2, -0.15) is 0 Å². The summed E-state index contributed by atoms with van der Waals surface area (Å²) in [4.78, 5) is 11.0. The van der Waals surface area contributed by atoms with Crippen molar-refractivity contribution in [1.82, 2.24) is 14.5 Å². The van der Waals surface area contributed by atoms with Gasteiger partial charge in [0.2, 0.25) is 0 Å². The molecule has 6 aromatic carbocycles. The molecule has 0 aliphatic heterocycles. The molecule has 2 aliphatic rings. The lowest BCUT2D eigenvalue weighted by Gasteiger charge is -2.22. The van der Waals surface area contributed by atoms with Gasteiger partial charge in [-0.3, -0.25) is 0 Å². The van der Waals surface area contributed by atoms with Crippen LogP contribution in [0.2, 0.25) is 0 Å². The summed E-state index contributed by atoms with van der Waals surface area (Å²) in [7, 11) is 0. The summed E-state index contributed by atoms with van der Waals surface area (Å²) >= 11 is 0. The van der Waals surface area contributed by atoms with Crippen LogP contribution in [-0.4, -0.2) is 14.5 Å². The van der Waals surface area contributed by atoms with Crippen LogP contribution >= 0.6 is 0 Å². The molecule has 0 N–H and O–H groups in total. The van der Waals surface area contributed by atoms with E-state index in [-0.39, 0.29) is 10.8 Å². The van der Waals surface area contributed by atoms with E-state index in [0.717, 1.165) is 39.6 Å². The van der Waals surface area contributed by atoms with E-state index in [1.807, 2.05) is 0 Å². The van der Waals surface area contributed by atoms with Crippen molar-refractivity contribution < 1.29 is 0 Å². The topological polar surface area (TPSA) is 30.7 Å². The molecule has 0 radical (unpaired) electrons. The second kappa shape index (κ2) is 9.87. The molecule has 0 bridgehead atoms. The van der Waals surface area contributed by atoms with Gasteiger partial charge < -0.3 is 4.57 Å². The SMILES string of the molecule is CC1(C)c2ccccc2-c2c1ccc1c2c2ccccc2n1-c1ccccc1-c1nc(-c2ccccc2)c2c(n1)C(C)(C)c1ccccc1-2. The van der Waals surface area contributed by atoms with Crippen LogP contribution in [0.3, 0.4) is 0 Å². The zero-order valence-corrected chi connectivity index (χ0v) is 28.1. The van der Waals surface area contributed by atoms with E-state index in [2.05, 4.69) is 172 Å². The van der Waals surface area contributed by atoms with Gasteiger partial charge in [0.15, 0.2) is 5.82 Å². The number of hydrogen-bond donors (Lipinski definition) is 0. The highest BCUT2D eigenvalue weighted by Crippen LogP contribution is 2.54. The first-order valence-corrected chi connectivity index (χ1v) is 17.2. The van der Waals surface area contributed by atoms with Crippen LogP contribution in [0.5, 0.6) is 0 Å². The van der Waals surface area contributed by atoms with Crippen molar-refractivity contribution in [2.24, 2.45) is 0 Å². The van der Waals surface area contributed by atoms with Crippen molar-refractivity contribution in [1.29, 1.82) is 0 Å². The fraction of sp³-hybridized carbons (Fsp3) is 0.130. The maximum absolute atomic E-state index is 5.49. The summed E-state index contributed by atoms with van der Waals surface area (Å²) < 4.78 is 2.44. The lowest BCUT2D eigenvalue weighted by molar-refractivity contribution is 0.636. The molecule has 3 heteroatoms. The number of nitrogens with zero attached hydrogens (tertiary/aromatic N) is 3. The van der Waals surface area contributed by atoms with Crippen molar-refractivity contribution >= 4 is 21.8 Å². The molecule has 3 nitrogen and oxygen atoms in total. The maximum atomic E-state index is 5.49. The van der Waals surface area contributed by atoms with E-state index < -0.39 is 0 Å². The molecule has 0 fully saturated rings. The smallest absolute Gasteiger partial charge is 0.162 e. The minimum absolute atomic E-state index is 0.0717. The van der Waals surface area contributed by atoms with Gasteiger partial charge in [-0.25, -0.2) is 9.97 Å². The average molecular weight is 630 g/mol. The highest BCUT2D eigenvalue weighted by atomic mass is 15.0. The van der Waals surface area contributed by atoms with Gasteiger partial charge in [-0.05, 0) is 57.6 Å². The standard InChI is InChI=1S/C46H35N3/c1-45(2)33-22-12-8-18-29(33)39-35(45)26-27-38-40(39)31-20-10-14-24-36(31)49(38)37-25-15-11-21-32(37)44-47-42(28-16-6-5-7-17-28)41-30-19-9-13-23-34(30)46(3,4)43(41)48-44/h5-27H,1-4H3. The Hall–Kier alpha value is -5.80. The van der Waals surface area contributed by atoms with Crippen molar-refractivity contribution in [3.63, 3.8) is 0 Å². The molecular formula is C46H35N3. The molecule has 10 rings (SSSR count). The van der Waals surface area contributed by atoms with Crippen molar-refractivity contribution in [3.05, 3.63) is 162 Å². The summed E-state index contributed by atoms with van der Waals surface area (Å²) in [5.74, 6) is 0.743. The van der Waals surface area contributed by atoms with Gasteiger partial charge in [0, 0.05) is 38.3 Å². The third kappa shape index (κ3) is 3.73. The Labute approximate surface area is 286 Å². The normalized spacial score (nSPS) is 14.9. The van der Waals surface area contributed by atoms with Crippen LogP contribution in [0.4, 0.5) is 0 Å². The minimum atomic E-state index is -0.268. The summed E-state index contributed by atoms with van der Waals surface area (Å²) in [6.07, 6.45) is 0. The van der Waals surface area contributed by atoms with Gasteiger partial charge >= 0.3 is 0 Å². The molecule has 0 saturated carbocycles. The molecule has 2 heterocycles. The number of rotatable bonds is 3. The van der Waals surface area contributed by atoms with Crippen LogP contribution in [0.25, 0.3) is 72.4 Å². The lowest BCUT2D eigenvalue weighted by Crippen LogP contribution is -2.17. The Bertz CT molecular complexity index is 2660. The molecule has 2 aliphatic carbocycles. The number of benzene rings is 6. The van der Waals surface area contributed by atoms with Gasteiger partial charge in [0.25, 0.3) is 0 Å². The molecule has 234 valence electrons. The molecule has 49 heavy (non-hydrogen) atoms. The monoisotopic (exact) mass is 629 g/mol. The highest BCUT2D eigenvalue weighted by Gasteiger charge is 2.40. The fourth-order valence-corrected chi connectivity index (χ4v) is 8.84. The van der Waals surface area contributed by atoms with Gasteiger partial charge in [-0.1, -0.05) is 143 Å². The summed E-state index contributed by atoms with van der Waals surface area (Å²) in [5.41, 5.74) is 16.4. The van der Waals surface area contributed by atoms with Crippen LogP contribution in [-0.2, 0) is 10.8 Å². The lowest BCUT2D eigenvalue weighted by atomic mass is 9.82. The number of para-hydroxylation sites is 2. The van der Waals surface area contributed by atoms with E-state index in [1.54, 1.807) is 0 Å². The van der Waals surface area contributed by atoms with Crippen LogP contribution < -0.4 is 0 Å². The molecule has 0 spiro atoms. The molecule has 0 saturated heterocycles. The summed E-state index contributed by atoms with van der Waals surface area (Å²) in [6.45, 7) is 9.30. The first kappa shape index (κ1) is 28.2. The molecular weight excluding hydrogens is 595 g/mol. The van der Waals surface area contributed by atoms with Gasteiger partial charge in [-0.15, -0.1) is 0 Å². The van der Waals surface area contributed by atoms with Gasteiger partial charge in [0.1, 0.15) is 0 Å². The molecule has 0 atom stereocenters. The second-order valence-electron chi connectivity index (χ2n) is 14.6. The second-order valence-corrected chi connectivity index (χ2v) is 14.6. The third-order valence-electron chi connectivity index (χ3n) is 11.2.